The van der Waals surface area contributed by atoms with Gasteiger partial charge in [0.1, 0.15) is 5.75 Å². The molecule has 0 aliphatic carbocycles. The van der Waals surface area contributed by atoms with Crippen LogP contribution in [0.2, 0.25) is 0 Å². The Bertz CT molecular complexity index is 846. The van der Waals surface area contributed by atoms with Gasteiger partial charge in [0.05, 0.1) is 12.7 Å². The number of carbonyl (C=O) groups is 1. The number of ether oxygens (including phenoxy) is 1. The summed E-state index contributed by atoms with van der Waals surface area (Å²) in [6.07, 6.45) is 1.97. The van der Waals surface area contributed by atoms with Crippen molar-refractivity contribution in [2.24, 2.45) is 5.92 Å². The number of para-hydroxylation sites is 2. The second kappa shape index (κ2) is 6.29. The Kier molecular flexibility index (Phi) is 4.20. The van der Waals surface area contributed by atoms with Crippen LogP contribution in [0.15, 0.2) is 54.7 Å². The third kappa shape index (κ3) is 2.87. The second-order valence-corrected chi connectivity index (χ2v) is 6.14. The lowest BCUT2D eigenvalue weighted by atomic mass is 10.0. The quantitative estimate of drug-likeness (QED) is 0.648. The van der Waals surface area contributed by atoms with Gasteiger partial charge in [-0.25, -0.2) is 0 Å². The zero-order valence-corrected chi connectivity index (χ0v) is 13.7. The molecule has 0 bridgehead atoms. The second-order valence-electron chi connectivity index (χ2n) is 6.14. The lowest BCUT2D eigenvalue weighted by molar-refractivity contribution is 0.103. The predicted octanol–water partition coefficient (Wildman–Crippen LogP) is 4.54. The molecule has 0 saturated heterocycles. The number of methoxy groups -OCH3 is 1. The smallest absolute Gasteiger partial charge is 0.198 e. The van der Waals surface area contributed by atoms with E-state index >= 15 is 0 Å². The van der Waals surface area contributed by atoms with E-state index in [0.29, 0.717) is 17.2 Å². The van der Waals surface area contributed by atoms with Crippen molar-refractivity contribution in [3.63, 3.8) is 0 Å². The fourth-order valence-corrected chi connectivity index (χ4v) is 2.95. The summed E-state index contributed by atoms with van der Waals surface area (Å²) < 4.78 is 7.51. The molecule has 0 atom stereocenters. The molecule has 0 spiro atoms. The molecular formula is C20H21NO2. The van der Waals surface area contributed by atoms with Gasteiger partial charge in [-0.1, -0.05) is 44.2 Å². The Balaban J connectivity index is 2.14. The first-order valence-electron chi connectivity index (χ1n) is 7.87. The van der Waals surface area contributed by atoms with Crippen molar-refractivity contribution in [3.8, 4) is 5.75 Å². The van der Waals surface area contributed by atoms with E-state index in [0.717, 1.165) is 23.0 Å². The lowest BCUT2D eigenvalue weighted by Crippen LogP contribution is -2.05. The summed E-state index contributed by atoms with van der Waals surface area (Å²) in [5, 5.41) is 0.990. The number of fused-ring (bicyclic) bond motifs is 1. The molecule has 0 radical (unpaired) electrons. The summed E-state index contributed by atoms with van der Waals surface area (Å²) in [6.45, 7) is 5.24. The summed E-state index contributed by atoms with van der Waals surface area (Å²) in [6, 6.07) is 15.4. The SMILES string of the molecule is COc1ccccc1C(=O)c1cn(CC(C)C)c2ccccc12. The van der Waals surface area contributed by atoms with Gasteiger partial charge in [-0.15, -0.1) is 0 Å². The monoisotopic (exact) mass is 307 g/mol. The molecule has 1 aromatic heterocycles. The molecular weight excluding hydrogens is 286 g/mol. The predicted molar refractivity (Wildman–Crippen MR) is 93.2 cm³/mol. The first-order chi connectivity index (χ1) is 11.1. The van der Waals surface area contributed by atoms with Crippen LogP contribution in [0.1, 0.15) is 29.8 Å². The zero-order chi connectivity index (χ0) is 16.4. The number of rotatable bonds is 5. The van der Waals surface area contributed by atoms with Gasteiger partial charge in [0.15, 0.2) is 5.78 Å². The summed E-state index contributed by atoms with van der Waals surface area (Å²) >= 11 is 0. The van der Waals surface area contributed by atoms with E-state index < -0.39 is 0 Å². The summed E-state index contributed by atoms with van der Waals surface area (Å²) in [5.74, 6) is 1.12. The highest BCUT2D eigenvalue weighted by molar-refractivity contribution is 6.17. The highest BCUT2D eigenvalue weighted by atomic mass is 16.5. The fraction of sp³-hybridized carbons (Fsp3) is 0.250. The summed E-state index contributed by atoms with van der Waals surface area (Å²) in [4.78, 5) is 13.0. The molecule has 23 heavy (non-hydrogen) atoms. The van der Waals surface area contributed by atoms with Crippen LogP contribution in [-0.4, -0.2) is 17.5 Å². The molecule has 3 aromatic rings. The lowest BCUT2D eigenvalue weighted by Gasteiger charge is -2.07. The van der Waals surface area contributed by atoms with Crippen LogP contribution < -0.4 is 4.74 Å². The van der Waals surface area contributed by atoms with Crippen LogP contribution in [0, 0.1) is 5.92 Å². The minimum absolute atomic E-state index is 0.00107. The van der Waals surface area contributed by atoms with E-state index in [1.54, 1.807) is 7.11 Å². The van der Waals surface area contributed by atoms with Gasteiger partial charge in [0, 0.05) is 29.2 Å². The number of nitrogens with zero attached hydrogens (tertiary/aromatic N) is 1. The first kappa shape index (κ1) is 15.3. The van der Waals surface area contributed by atoms with Crippen molar-refractivity contribution in [1.82, 2.24) is 4.57 Å². The number of hydrogen-bond donors (Lipinski definition) is 0. The molecule has 0 saturated carbocycles. The van der Waals surface area contributed by atoms with Crippen LogP contribution in [0.3, 0.4) is 0 Å². The zero-order valence-electron chi connectivity index (χ0n) is 13.7. The minimum atomic E-state index is 0.00107. The highest BCUT2D eigenvalue weighted by Gasteiger charge is 2.19. The number of carbonyl (C=O) groups excluding carboxylic acids is 1. The van der Waals surface area contributed by atoms with Crippen molar-refractivity contribution >= 4 is 16.7 Å². The van der Waals surface area contributed by atoms with E-state index in [1.807, 2.05) is 48.7 Å². The minimum Gasteiger partial charge on any atom is -0.496 e. The van der Waals surface area contributed by atoms with Crippen LogP contribution in [0.5, 0.6) is 5.75 Å². The third-order valence-electron chi connectivity index (χ3n) is 3.95. The van der Waals surface area contributed by atoms with Crippen molar-refractivity contribution in [1.29, 1.82) is 0 Å². The van der Waals surface area contributed by atoms with Gasteiger partial charge in [0.2, 0.25) is 0 Å². The van der Waals surface area contributed by atoms with Crippen molar-refractivity contribution < 1.29 is 9.53 Å². The van der Waals surface area contributed by atoms with Gasteiger partial charge in [0.25, 0.3) is 0 Å². The van der Waals surface area contributed by atoms with Crippen molar-refractivity contribution in [2.75, 3.05) is 7.11 Å². The molecule has 3 rings (SSSR count). The highest BCUT2D eigenvalue weighted by Crippen LogP contribution is 2.27. The Hall–Kier alpha value is -2.55. The summed E-state index contributed by atoms with van der Waals surface area (Å²) in [5.41, 5.74) is 2.42. The molecule has 1 heterocycles. The average molecular weight is 307 g/mol. The molecule has 3 nitrogen and oxygen atoms in total. The molecule has 3 heteroatoms. The van der Waals surface area contributed by atoms with Crippen LogP contribution in [-0.2, 0) is 6.54 Å². The molecule has 0 aliphatic rings. The van der Waals surface area contributed by atoms with Gasteiger partial charge < -0.3 is 9.30 Å². The first-order valence-corrected chi connectivity index (χ1v) is 7.87. The van der Waals surface area contributed by atoms with Crippen molar-refractivity contribution in [2.45, 2.75) is 20.4 Å². The Morgan fingerprint density at radius 2 is 1.74 bits per heavy atom. The maximum absolute atomic E-state index is 13.0. The molecule has 2 aromatic carbocycles. The van der Waals surface area contributed by atoms with E-state index in [9.17, 15) is 4.79 Å². The van der Waals surface area contributed by atoms with Gasteiger partial charge in [-0.05, 0) is 24.1 Å². The number of hydrogen-bond acceptors (Lipinski definition) is 2. The average Bonchev–Trinajstić information content (AvgIpc) is 2.92. The topological polar surface area (TPSA) is 31.2 Å². The maximum Gasteiger partial charge on any atom is 0.198 e. The van der Waals surface area contributed by atoms with E-state index in [2.05, 4.69) is 24.5 Å². The third-order valence-corrected chi connectivity index (χ3v) is 3.95. The standard InChI is InChI=1S/C20H21NO2/c1-14(2)12-21-13-17(15-8-4-6-10-18(15)21)20(22)16-9-5-7-11-19(16)23-3/h4-11,13-14H,12H2,1-3H3. The Morgan fingerprint density at radius 1 is 1.04 bits per heavy atom. The van der Waals surface area contributed by atoms with Crippen LogP contribution >= 0.6 is 0 Å². The maximum atomic E-state index is 13.0. The molecule has 118 valence electrons. The van der Waals surface area contributed by atoms with E-state index in [4.69, 9.17) is 4.74 Å². The number of aromatic nitrogens is 1. The molecule has 0 N–H and O–H groups in total. The normalized spacial score (nSPS) is 11.1. The largest absolute Gasteiger partial charge is 0.496 e. The van der Waals surface area contributed by atoms with Crippen molar-refractivity contribution in [3.05, 3.63) is 65.9 Å². The molecule has 0 amide bonds. The van der Waals surface area contributed by atoms with E-state index in [-0.39, 0.29) is 5.78 Å². The fourth-order valence-electron chi connectivity index (χ4n) is 2.95. The van der Waals surface area contributed by atoms with E-state index in [1.165, 1.54) is 0 Å². The summed E-state index contributed by atoms with van der Waals surface area (Å²) in [7, 11) is 1.59. The molecule has 0 aliphatic heterocycles. The van der Waals surface area contributed by atoms with Crippen LogP contribution in [0.25, 0.3) is 10.9 Å². The molecule has 0 fully saturated rings. The number of ketones is 1. The van der Waals surface area contributed by atoms with Crippen LogP contribution in [0.4, 0.5) is 0 Å². The Labute approximate surface area is 136 Å². The van der Waals surface area contributed by atoms with Gasteiger partial charge in [-0.2, -0.15) is 0 Å². The Morgan fingerprint density at radius 3 is 2.48 bits per heavy atom. The number of benzene rings is 2. The van der Waals surface area contributed by atoms with Gasteiger partial charge in [-0.3, -0.25) is 4.79 Å². The molecule has 0 unspecified atom stereocenters. The van der Waals surface area contributed by atoms with Gasteiger partial charge >= 0.3 is 0 Å².